The van der Waals surface area contributed by atoms with Crippen LogP contribution in [-0.4, -0.2) is 12.0 Å². The van der Waals surface area contributed by atoms with E-state index < -0.39 is 6.10 Å². The molecular weight excluding hydrogens is 276 g/mol. The number of nitrogens with zero attached hydrogens (tertiary/aromatic N) is 1. The van der Waals surface area contributed by atoms with Crippen LogP contribution in [0, 0.1) is 18.3 Å². The van der Waals surface area contributed by atoms with Gasteiger partial charge in [0.2, 0.25) is 0 Å². The van der Waals surface area contributed by atoms with Crippen LogP contribution in [-0.2, 0) is 11.2 Å². The Morgan fingerprint density at radius 1 is 1.27 bits per heavy atom. The van der Waals surface area contributed by atoms with Gasteiger partial charge in [0.15, 0.2) is 6.10 Å². The Labute approximate surface area is 130 Å². The van der Waals surface area contributed by atoms with Gasteiger partial charge in [-0.2, -0.15) is 5.26 Å². The Kier molecular flexibility index (Phi) is 5.16. The highest BCUT2D eigenvalue weighted by Gasteiger charge is 2.14. The highest BCUT2D eigenvalue weighted by Crippen LogP contribution is 2.15. The molecule has 1 N–H and O–H groups in total. The number of hydrogen-bond donors (Lipinski definition) is 1. The van der Waals surface area contributed by atoms with Crippen LogP contribution in [0.25, 0.3) is 0 Å². The number of hydrogen-bond acceptors (Lipinski definition) is 3. The predicted molar refractivity (Wildman–Crippen MR) is 85.7 cm³/mol. The Hall–Kier alpha value is -2.80. The molecule has 22 heavy (non-hydrogen) atoms. The van der Waals surface area contributed by atoms with E-state index in [1.807, 2.05) is 43.3 Å². The minimum atomic E-state index is -0.597. The molecule has 0 bridgehead atoms. The number of nitriles is 1. The number of aryl methyl sites for hydroxylation is 1. The lowest BCUT2D eigenvalue weighted by Crippen LogP contribution is -2.30. The Morgan fingerprint density at radius 2 is 2.00 bits per heavy atom. The maximum absolute atomic E-state index is 12.1. The first-order valence-corrected chi connectivity index (χ1v) is 7.08. The van der Waals surface area contributed by atoms with Crippen molar-refractivity contribution in [1.29, 1.82) is 5.26 Å². The second-order valence-electron chi connectivity index (χ2n) is 5.10. The van der Waals surface area contributed by atoms with Crippen molar-refractivity contribution in [3.8, 4) is 11.8 Å². The van der Waals surface area contributed by atoms with Gasteiger partial charge in [0, 0.05) is 5.69 Å². The topological polar surface area (TPSA) is 62.1 Å². The number of anilines is 1. The van der Waals surface area contributed by atoms with Gasteiger partial charge in [-0.25, -0.2) is 0 Å². The van der Waals surface area contributed by atoms with Crippen molar-refractivity contribution in [2.45, 2.75) is 26.4 Å². The predicted octanol–water partition coefficient (Wildman–Crippen LogP) is 3.47. The third-order valence-corrected chi connectivity index (χ3v) is 3.18. The molecule has 1 atom stereocenters. The molecule has 2 rings (SSSR count). The molecule has 0 saturated heterocycles. The lowest BCUT2D eigenvalue weighted by molar-refractivity contribution is -0.122. The van der Waals surface area contributed by atoms with Gasteiger partial charge in [-0.05, 0) is 49.2 Å². The first-order valence-electron chi connectivity index (χ1n) is 7.08. The molecule has 0 fully saturated rings. The smallest absolute Gasteiger partial charge is 0.265 e. The van der Waals surface area contributed by atoms with E-state index in [0.717, 1.165) is 11.1 Å². The van der Waals surface area contributed by atoms with E-state index >= 15 is 0 Å². The molecule has 4 heteroatoms. The molecule has 0 saturated carbocycles. The average Bonchev–Trinajstić information content (AvgIpc) is 2.49. The normalized spacial score (nSPS) is 11.3. The fourth-order valence-electron chi connectivity index (χ4n) is 1.99. The molecule has 2 aromatic rings. The molecule has 0 aliphatic heterocycles. The van der Waals surface area contributed by atoms with Gasteiger partial charge in [-0.3, -0.25) is 4.79 Å². The van der Waals surface area contributed by atoms with Crippen molar-refractivity contribution in [2.75, 3.05) is 5.32 Å². The molecule has 0 aromatic heterocycles. The van der Waals surface area contributed by atoms with Crippen LogP contribution < -0.4 is 10.1 Å². The van der Waals surface area contributed by atoms with Crippen LogP contribution in [0.2, 0.25) is 0 Å². The van der Waals surface area contributed by atoms with Crippen molar-refractivity contribution in [1.82, 2.24) is 0 Å². The quantitative estimate of drug-likeness (QED) is 0.918. The molecule has 112 valence electrons. The Bertz CT molecular complexity index is 687. The standard InChI is InChI=1S/C18H18N2O2/c1-13-4-3-5-17(12-13)22-14(2)18(21)20-16-8-6-15(7-9-16)10-11-19/h3-9,12,14H,10H2,1-2H3,(H,20,21)/t14-/m0/s1. The maximum Gasteiger partial charge on any atom is 0.265 e. The van der Waals surface area contributed by atoms with Gasteiger partial charge in [0.1, 0.15) is 5.75 Å². The monoisotopic (exact) mass is 294 g/mol. The van der Waals surface area contributed by atoms with Crippen LogP contribution in [0.3, 0.4) is 0 Å². The first kappa shape index (κ1) is 15.6. The van der Waals surface area contributed by atoms with E-state index in [1.54, 1.807) is 19.1 Å². The summed E-state index contributed by atoms with van der Waals surface area (Å²) in [5, 5.41) is 11.4. The van der Waals surface area contributed by atoms with Crippen molar-refractivity contribution in [3.05, 3.63) is 59.7 Å². The van der Waals surface area contributed by atoms with Crippen LogP contribution >= 0.6 is 0 Å². The van der Waals surface area contributed by atoms with Gasteiger partial charge in [-0.1, -0.05) is 24.3 Å². The summed E-state index contributed by atoms with van der Waals surface area (Å²) in [7, 11) is 0. The first-order chi connectivity index (χ1) is 10.6. The maximum atomic E-state index is 12.1. The Balaban J connectivity index is 1.95. The highest BCUT2D eigenvalue weighted by molar-refractivity contribution is 5.94. The van der Waals surface area contributed by atoms with Crippen LogP contribution in [0.1, 0.15) is 18.1 Å². The van der Waals surface area contributed by atoms with Crippen molar-refractivity contribution >= 4 is 11.6 Å². The minimum Gasteiger partial charge on any atom is -0.481 e. The molecule has 0 heterocycles. The lowest BCUT2D eigenvalue weighted by Gasteiger charge is -2.15. The molecule has 4 nitrogen and oxygen atoms in total. The van der Waals surface area contributed by atoms with Gasteiger partial charge in [0.05, 0.1) is 12.5 Å². The summed E-state index contributed by atoms with van der Waals surface area (Å²) in [5.41, 5.74) is 2.69. The second kappa shape index (κ2) is 7.28. The summed E-state index contributed by atoms with van der Waals surface area (Å²) < 4.78 is 5.64. The van der Waals surface area contributed by atoms with E-state index in [2.05, 4.69) is 11.4 Å². The number of rotatable bonds is 5. The van der Waals surface area contributed by atoms with Crippen molar-refractivity contribution in [3.63, 3.8) is 0 Å². The van der Waals surface area contributed by atoms with E-state index in [0.29, 0.717) is 17.9 Å². The second-order valence-corrected chi connectivity index (χ2v) is 5.10. The summed E-state index contributed by atoms with van der Waals surface area (Å²) in [6.45, 7) is 3.68. The van der Waals surface area contributed by atoms with Crippen LogP contribution in [0.15, 0.2) is 48.5 Å². The molecule has 1 amide bonds. The minimum absolute atomic E-state index is 0.213. The van der Waals surface area contributed by atoms with Crippen LogP contribution in [0.4, 0.5) is 5.69 Å². The highest BCUT2D eigenvalue weighted by atomic mass is 16.5. The van der Waals surface area contributed by atoms with Gasteiger partial charge in [0.25, 0.3) is 5.91 Å². The van der Waals surface area contributed by atoms with Gasteiger partial charge in [-0.15, -0.1) is 0 Å². The largest absolute Gasteiger partial charge is 0.481 e. The zero-order valence-corrected chi connectivity index (χ0v) is 12.7. The SMILES string of the molecule is Cc1cccc(O[C@@H](C)C(=O)Nc2ccc(CC#N)cc2)c1. The van der Waals surface area contributed by atoms with E-state index in [1.165, 1.54) is 0 Å². The molecule has 0 radical (unpaired) electrons. The van der Waals surface area contributed by atoms with E-state index in [9.17, 15) is 4.79 Å². The summed E-state index contributed by atoms with van der Waals surface area (Å²) in [6, 6.07) is 16.9. The molecule has 0 aliphatic carbocycles. The number of nitrogens with one attached hydrogen (secondary N) is 1. The van der Waals surface area contributed by atoms with E-state index in [-0.39, 0.29) is 5.91 Å². The van der Waals surface area contributed by atoms with Gasteiger partial charge >= 0.3 is 0 Å². The third kappa shape index (κ3) is 4.35. The lowest BCUT2D eigenvalue weighted by atomic mass is 10.1. The number of benzene rings is 2. The molecular formula is C18H18N2O2. The van der Waals surface area contributed by atoms with E-state index in [4.69, 9.17) is 10.00 Å². The number of carbonyl (C=O) groups excluding carboxylic acids is 1. The number of ether oxygens (including phenoxy) is 1. The summed E-state index contributed by atoms with van der Waals surface area (Å²) >= 11 is 0. The molecule has 0 unspecified atom stereocenters. The Morgan fingerprint density at radius 3 is 2.64 bits per heavy atom. The number of carbonyl (C=O) groups is 1. The molecule has 0 aliphatic rings. The van der Waals surface area contributed by atoms with Crippen molar-refractivity contribution in [2.24, 2.45) is 0 Å². The zero-order valence-electron chi connectivity index (χ0n) is 12.7. The molecule has 2 aromatic carbocycles. The van der Waals surface area contributed by atoms with Crippen LogP contribution in [0.5, 0.6) is 5.75 Å². The fourth-order valence-corrected chi connectivity index (χ4v) is 1.99. The summed E-state index contributed by atoms with van der Waals surface area (Å²) in [5.74, 6) is 0.460. The van der Waals surface area contributed by atoms with Gasteiger partial charge < -0.3 is 10.1 Å². The summed E-state index contributed by atoms with van der Waals surface area (Å²) in [6.07, 6.45) is -0.234. The number of amides is 1. The third-order valence-electron chi connectivity index (χ3n) is 3.18. The molecule has 0 spiro atoms. The average molecular weight is 294 g/mol. The summed E-state index contributed by atoms with van der Waals surface area (Å²) in [4.78, 5) is 12.1. The van der Waals surface area contributed by atoms with Crippen molar-refractivity contribution < 1.29 is 9.53 Å². The zero-order chi connectivity index (χ0) is 15.9. The fraction of sp³-hybridized carbons (Fsp3) is 0.222.